The van der Waals surface area contributed by atoms with Crippen LogP contribution in [0.5, 0.6) is 0 Å². The van der Waals surface area contributed by atoms with Gasteiger partial charge in [0.15, 0.2) is 0 Å². The van der Waals surface area contributed by atoms with E-state index in [0.29, 0.717) is 32.5 Å². The van der Waals surface area contributed by atoms with Crippen molar-refractivity contribution in [3.8, 4) is 0 Å². The molecule has 1 heterocycles. The molecule has 0 saturated carbocycles. The van der Waals surface area contributed by atoms with E-state index in [2.05, 4.69) is 22.3 Å². The van der Waals surface area contributed by atoms with Crippen LogP contribution in [0.4, 0.5) is 0 Å². The summed E-state index contributed by atoms with van der Waals surface area (Å²) in [5.74, 6) is -0.723. The van der Waals surface area contributed by atoms with Crippen LogP contribution in [0.2, 0.25) is 0 Å². The second kappa shape index (κ2) is 12.6. The molecule has 3 aromatic carbocycles. The van der Waals surface area contributed by atoms with Gasteiger partial charge in [-0.15, -0.1) is 0 Å². The van der Waals surface area contributed by atoms with Gasteiger partial charge < -0.3 is 15.3 Å². The molecule has 39 heavy (non-hydrogen) atoms. The third-order valence-electron chi connectivity index (χ3n) is 7.22. The Balaban J connectivity index is 1.61. The van der Waals surface area contributed by atoms with Gasteiger partial charge in [-0.2, -0.15) is 0 Å². The van der Waals surface area contributed by atoms with Gasteiger partial charge in [0, 0.05) is 31.6 Å². The highest BCUT2D eigenvalue weighted by atomic mass is 16.3. The van der Waals surface area contributed by atoms with E-state index >= 15 is 0 Å². The fourth-order valence-electron chi connectivity index (χ4n) is 5.40. The summed E-state index contributed by atoms with van der Waals surface area (Å²) in [5, 5.41) is 15.3. The number of benzene rings is 3. The number of hydrogen-bond donors (Lipinski definition) is 2. The lowest BCUT2D eigenvalue weighted by molar-refractivity contribution is -0.179. The molecule has 0 aliphatic carbocycles. The number of hydrogen-bond acceptors (Lipinski definition) is 4. The van der Waals surface area contributed by atoms with Crippen LogP contribution >= 0.6 is 0 Å². The van der Waals surface area contributed by atoms with Crippen molar-refractivity contribution in [3.05, 3.63) is 108 Å². The van der Waals surface area contributed by atoms with E-state index in [9.17, 15) is 14.7 Å². The van der Waals surface area contributed by atoms with Crippen LogP contribution in [-0.2, 0) is 29.1 Å². The Kier molecular flexibility index (Phi) is 9.20. The topological polar surface area (TPSA) is 72.9 Å². The maximum atomic E-state index is 13.8. The van der Waals surface area contributed by atoms with Crippen LogP contribution in [0.25, 0.3) is 0 Å². The average Bonchev–Trinajstić information content (AvgIpc) is 3.27. The number of carbonyl (C=O) groups is 2. The van der Waals surface area contributed by atoms with Gasteiger partial charge in [-0.25, -0.2) is 0 Å². The zero-order chi connectivity index (χ0) is 27.9. The molecule has 0 spiro atoms. The highest BCUT2D eigenvalue weighted by Gasteiger charge is 2.57. The van der Waals surface area contributed by atoms with E-state index in [1.54, 1.807) is 0 Å². The molecule has 1 aliphatic heterocycles. The van der Waals surface area contributed by atoms with Gasteiger partial charge in [-0.05, 0) is 56.7 Å². The van der Waals surface area contributed by atoms with Crippen LogP contribution < -0.4 is 5.32 Å². The summed E-state index contributed by atoms with van der Waals surface area (Å²) < 4.78 is 0. The van der Waals surface area contributed by atoms with Gasteiger partial charge in [-0.3, -0.25) is 14.5 Å². The fourth-order valence-corrected chi connectivity index (χ4v) is 5.40. The van der Waals surface area contributed by atoms with Crippen LogP contribution in [0.15, 0.2) is 91.0 Å². The monoisotopic (exact) mass is 527 g/mol. The molecule has 0 unspecified atom stereocenters. The molecule has 2 atom stereocenters. The van der Waals surface area contributed by atoms with E-state index in [4.69, 9.17) is 0 Å². The normalized spacial score (nSPS) is 19.3. The first-order valence-electron chi connectivity index (χ1n) is 13.9. The van der Waals surface area contributed by atoms with Crippen molar-refractivity contribution < 1.29 is 14.7 Å². The highest BCUT2D eigenvalue weighted by molar-refractivity contribution is 5.91. The predicted octanol–water partition coefficient (Wildman–Crippen LogP) is 4.92. The SMILES string of the molecule is CC(C)(C)NC(=O)[C@@]1(O)[C@@H](N(Cc2ccccc2)Cc2ccccc2)CCN1C(=O)CCCc1ccccc1. The van der Waals surface area contributed by atoms with Crippen molar-refractivity contribution in [1.29, 1.82) is 0 Å². The Morgan fingerprint density at radius 3 is 1.85 bits per heavy atom. The summed E-state index contributed by atoms with van der Waals surface area (Å²) in [6, 6.07) is 29.6. The van der Waals surface area contributed by atoms with E-state index in [1.165, 1.54) is 10.5 Å². The Labute approximate surface area is 232 Å². The van der Waals surface area contributed by atoms with Crippen molar-refractivity contribution in [2.45, 2.75) is 76.8 Å². The predicted molar refractivity (Wildman–Crippen MR) is 154 cm³/mol. The zero-order valence-corrected chi connectivity index (χ0v) is 23.3. The molecule has 0 radical (unpaired) electrons. The molecule has 0 aromatic heterocycles. The van der Waals surface area contributed by atoms with Crippen molar-refractivity contribution in [3.63, 3.8) is 0 Å². The molecule has 4 rings (SSSR count). The molecule has 0 bridgehead atoms. The lowest BCUT2D eigenvalue weighted by Gasteiger charge is -2.42. The van der Waals surface area contributed by atoms with Gasteiger partial charge in [-0.1, -0.05) is 91.0 Å². The maximum absolute atomic E-state index is 13.8. The number of rotatable bonds is 10. The Morgan fingerprint density at radius 1 is 0.872 bits per heavy atom. The lowest BCUT2D eigenvalue weighted by atomic mass is 9.97. The second-order valence-electron chi connectivity index (χ2n) is 11.5. The summed E-state index contributed by atoms with van der Waals surface area (Å²) >= 11 is 0. The summed E-state index contributed by atoms with van der Waals surface area (Å²) in [5.41, 5.74) is 0.785. The van der Waals surface area contributed by atoms with Gasteiger partial charge in [0.2, 0.25) is 11.6 Å². The third kappa shape index (κ3) is 7.34. The van der Waals surface area contributed by atoms with Crippen molar-refractivity contribution >= 4 is 11.8 Å². The minimum atomic E-state index is -1.99. The largest absolute Gasteiger partial charge is 0.362 e. The summed E-state index contributed by atoms with van der Waals surface area (Å²) in [6.45, 7) is 7.06. The van der Waals surface area contributed by atoms with Gasteiger partial charge in [0.1, 0.15) is 0 Å². The molecular weight excluding hydrogens is 486 g/mol. The zero-order valence-electron chi connectivity index (χ0n) is 23.3. The second-order valence-corrected chi connectivity index (χ2v) is 11.5. The van der Waals surface area contributed by atoms with E-state index < -0.39 is 23.2 Å². The number of aryl methyl sites for hydroxylation is 1. The van der Waals surface area contributed by atoms with Crippen molar-refractivity contribution in [2.75, 3.05) is 6.54 Å². The van der Waals surface area contributed by atoms with E-state index in [1.807, 2.05) is 99.6 Å². The molecular formula is C33H41N3O3. The quantitative estimate of drug-likeness (QED) is 0.393. The summed E-state index contributed by atoms with van der Waals surface area (Å²) in [7, 11) is 0. The van der Waals surface area contributed by atoms with Gasteiger partial charge in [0.05, 0.1) is 6.04 Å². The molecule has 3 aromatic rings. The highest BCUT2D eigenvalue weighted by Crippen LogP contribution is 2.35. The van der Waals surface area contributed by atoms with Gasteiger partial charge >= 0.3 is 0 Å². The van der Waals surface area contributed by atoms with Crippen LogP contribution in [-0.4, -0.2) is 50.6 Å². The number of nitrogens with one attached hydrogen (secondary N) is 1. The molecule has 1 aliphatic rings. The van der Waals surface area contributed by atoms with E-state index in [0.717, 1.165) is 17.5 Å². The molecule has 1 fully saturated rings. The number of carbonyl (C=O) groups excluding carboxylic acids is 2. The van der Waals surface area contributed by atoms with Crippen LogP contribution in [0.1, 0.15) is 56.7 Å². The number of nitrogens with zero attached hydrogens (tertiary/aromatic N) is 2. The minimum Gasteiger partial charge on any atom is -0.362 e. The minimum absolute atomic E-state index is 0.195. The molecule has 206 valence electrons. The first-order valence-corrected chi connectivity index (χ1v) is 13.9. The van der Waals surface area contributed by atoms with Crippen molar-refractivity contribution in [2.24, 2.45) is 0 Å². The first-order chi connectivity index (χ1) is 18.7. The molecule has 6 nitrogen and oxygen atoms in total. The number of aliphatic hydroxyl groups is 1. The molecule has 2 N–H and O–H groups in total. The molecule has 2 amide bonds. The number of likely N-dealkylation sites (tertiary alicyclic amines) is 1. The summed E-state index contributed by atoms with van der Waals surface area (Å²) in [4.78, 5) is 31.0. The Hall–Kier alpha value is -3.48. The lowest BCUT2D eigenvalue weighted by Crippen LogP contribution is -2.67. The van der Waals surface area contributed by atoms with Crippen molar-refractivity contribution in [1.82, 2.24) is 15.1 Å². The summed E-state index contributed by atoms with van der Waals surface area (Å²) in [6.07, 6.45) is 2.19. The van der Waals surface area contributed by atoms with Crippen LogP contribution in [0.3, 0.4) is 0 Å². The first kappa shape index (κ1) is 28.5. The molecule has 1 saturated heterocycles. The number of amides is 2. The molecule has 6 heteroatoms. The smallest absolute Gasteiger partial charge is 0.275 e. The fraction of sp³-hybridized carbons (Fsp3) is 0.394. The maximum Gasteiger partial charge on any atom is 0.275 e. The van der Waals surface area contributed by atoms with E-state index in [-0.39, 0.29) is 12.3 Å². The third-order valence-corrected chi connectivity index (χ3v) is 7.22. The average molecular weight is 528 g/mol. The van der Waals surface area contributed by atoms with Crippen LogP contribution in [0, 0.1) is 0 Å². The Morgan fingerprint density at radius 2 is 1.36 bits per heavy atom. The van der Waals surface area contributed by atoms with Gasteiger partial charge in [0.25, 0.3) is 5.91 Å². The Bertz CT molecular complexity index is 1170. The standard InChI is InChI=1S/C33H41N3O3/c1-32(2,3)34-31(38)33(39)29(22-23-36(33)30(37)21-13-20-26-14-7-4-8-15-26)35(24-27-16-9-5-10-17-27)25-28-18-11-6-12-19-28/h4-12,14-19,29,39H,13,20-25H2,1-3H3,(H,34,38)/t29-,33-/m0/s1.